The molecule has 1 atom stereocenters. The van der Waals surface area contributed by atoms with Crippen LogP contribution >= 0.6 is 0 Å². The number of rotatable bonds is 8. The van der Waals surface area contributed by atoms with Crippen LogP contribution in [0.1, 0.15) is 31.9 Å². The molecule has 0 aliphatic carbocycles. The molecule has 164 valence electrons. The Morgan fingerprint density at radius 3 is 2.57 bits per heavy atom. The van der Waals surface area contributed by atoms with Crippen molar-refractivity contribution in [2.24, 2.45) is 0 Å². The van der Waals surface area contributed by atoms with Gasteiger partial charge in [-0.25, -0.2) is 23.4 Å². The number of imidazole rings is 1. The van der Waals surface area contributed by atoms with Gasteiger partial charge >= 0.3 is 0 Å². The second-order valence-corrected chi connectivity index (χ2v) is 9.91. The summed E-state index contributed by atoms with van der Waals surface area (Å²) < 4.78 is 33.2. The highest BCUT2D eigenvalue weighted by atomic mass is 32.2. The molecule has 2 aromatic rings. The lowest BCUT2D eigenvalue weighted by atomic mass is 10.2. The molecule has 4 heterocycles. The molecule has 9 nitrogen and oxygen atoms in total. The van der Waals surface area contributed by atoms with Crippen LogP contribution < -0.4 is 4.90 Å². The van der Waals surface area contributed by atoms with E-state index in [9.17, 15) is 8.42 Å². The number of sulfone groups is 1. The zero-order chi connectivity index (χ0) is 21.0. The third-order valence-electron chi connectivity index (χ3n) is 5.66. The normalized spacial score (nSPS) is 20.7. The summed E-state index contributed by atoms with van der Waals surface area (Å²) >= 11 is 0. The predicted octanol–water partition coefficient (Wildman–Crippen LogP) is 1.36. The monoisotopic (exact) mass is 434 g/mol. The van der Waals surface area contributed by atoms with E-state index in [-0.39, 0.29) is 17.0 Å². The van der Waals surface area contributed by atoms with E-state index in [1.165, 1.54) is 0 Å². The van der Waals surface area contributed by atoms with Crippen LogP contribution in [0.4, 0.5) is 5.95 Å². The maximum atomic E-state index is 12.8. The molecule has 30 heavy (non-hydrogen) atoms. The van der Waals surface area contributed by atoms with Crippen molar-refractivity contribution < 1.29 is 13.2 Å². The molecule has 2 aromatic heterocycles. The van der Waals surface area contributed by atoms with E-state index in [0.717, 1.165) is 57.3 Å². The van der Waals surface area contributed by atoms with Crippen molar-refractivity contribution in [2.75, 3.05) is 43.4 Å². The molecule has 0 radical (unpaired) electrons. The molecule has 10 heteroatoms. The van der Waals surface area contributed by atoms with Crippen LogP contribution in [0.3, 0.4) is 0 Å². The van der Waals surface area contributed by atoms with Crippen LogP contribution in [-0.2, 0) is 27.7 Å². The van der Waals surface area contributed by atoms with Gasteiger partial charge < -0.3 is 14.2 Å². The molecule has 0 unspecified atom stereocenters. The number of anilines is 1. The Morgan fingerprint density at radius 1 is 1.13 bits per heavy atom. The van der Waals surface area contributed by atoms with E-state index in [4.69, 9.17) is 4.74 Å². The third-order valence-corrected chi connectivity index (χ3v) is 7.48. The summed E-state index contributed by atoms with van der Waals surface area (Å²) in [5, 5.41) is 0.186. The van der Waals surface area contributed by atoms with Gasteiger partial charge in [-0.15, -0.1) is 0 Å². The van der Waals surface area contributed by atoms with Gasteiger partial charge in [0.1, 0.15) is 0 Å². The first-order valence-electron chi connectivity index (χ1n) is 10.7. The van der Waals surface area contributed by atoms with Gasteiger partial charge in [0, 0.05) is 51.7 Å². The van der Waals surface area contributed by atoms with E-state index in [1.807, 2.05) is 17.6 Å². The number of piperazine rings is 1. The Kier molecular flexibility index (Phi) is 6.64. The van der Waals surface area contributed by atoms with Crippen LogP contribution in [-0.4, -0.2) is 77.5 Å². The van der Waals surface area contributed by atoms with Gasteiger partial charge in [-0.2, -0.15) is 0 Å². The Hall–Kier alpha value is -2.04. The van der Waals surface area contributed by atoms with Crippen molar-refractivity contribution in [1.29, 1.82) is 0 Å². The Labute approximate surface area is 178 Å². The van der Waals surface area contributed by atoms with Crippen molar-refractivity contribution >= 4 is 15.8 Å². The summed E-state index contributed by atoms with van der Waals surface area (Å²) in [6.07, 6.45) is 7.86. The van der Waals surface area contributed by atoms with E-state index in [1.54, 1.807) is 18.6 Å². The molecule has 2 aliphatic rings. The third kappa shape index (κ3) is 4.81. The fourth-order valence-electron chi connectivity index (χ4n) is 4.10. The molecule has 0 saturated carbocycles. The number of hydrogen-bond acceptors (Lipinski definition) is 8. The lowest BCUT2D eigenvalue weighted by Gasteiger charge is -2.34. The maximum absolute atomic E-state index is 12.8. The van der Waals surface area contributed by atoms with Crippen LogP contribution in [0.15, 0.2) is 29.8 Å². The van der Waals surface area contributed by atoms with Crippen LogP contribution in [0.2, 0.25) is 0 Å². The summed E-state index contributed by atoms with van der Waals surface area (Å²) in [6.45, 7) is 7.24. The van der Waals surface area contributed by atoms with E-state index < -0.39 is 9.84 Å². The van der Waals surface area contributed by atoms with Gasteiger partial charge in [0.25, 0.3) is 0 Å². The highest BCUT2D eigenvalue weighted by molar-refractivity contribution is 7.91. The second kappa shape index (κ2) is 9.40. The quantitative estimate of drug-likeness (QED) is 0.615. The van der Waals surface area contributed by atoms with E-state index >= 15 is 0 Å². The van der Waals surface area contributed by atoms with E-state index in [0.29, 0.717) is 19.5 Å². The van der Waals surface area contributed by atoms with Crippen LogP contribution in [0.25, 0.3) is 0 Å². The van der Waals surface area contributed by atoms with Crippen molar-refractivity contribution in [1.82, 2.24) is 24.4 Å². The maximum Gasteiger partial charge on any atom is 0.227 e. The first-order chi connectivity index (χ1) is 14.6. The van der Waals surface area contributed by atoms with Crippen LogP contribution in [0.5, 0.6) is 0 Å². The molecule has 4 rings (SSSR count). The molecule has 2 fully saturated rings. The minimum atomic E-state index is -3.39. The fourth-order valence-corrected chi connectivity index (χ4v) is 5.56. The highest BCUT2D eigenvalue weighted by Gasteiger charge is 2.27. The largest absolute Gasteiger partial charge is 0.376 e. The number of hydrogen-bond donors (Lipinski definition) is 0. The van der Waals surface area contributed by atoms with Gasteiger partial charge in [0.05, 0.1) is 30.3 Å². The van der Waals surface area contributed by atoms with E-state index in [2.05, 4.69) is 24.8 Å². The minimum absolute atomic E-state index is 0.0561. The molecule has 0 bridgehead atoms. The summed E-state index contributed by atoms with van der Waals surface area (Å²) in [5.74, 6) is 0.874. The molecule has 0 amide bonds. The lowest BCUT2D eigenvalue weighted by molar-refractivity contribution is 0.0931. The zero-order valence-electron chi connectivity index (χ0n) is 17.5. The fraction of sp³-hybridized carbons (Fsp3) is 0.650. The van der Waals surface area contributed by atoms with Gasteiger partial charge in [-0.3, -0.25) is 4.90 Å². The molecular formula is C20H30N6O3S. The summed E-state index contributed by atoms with van der Waals surface area (Å²) in [4.78, 5) is 17.5. The first kappa shape index (κ1) is 21.2. The van der Waals surface area contributed by atoms with Crippen LogP contribution in [0, 0.1) is 0 Å². The summed E-state index contributed by atoms with van der Waals surface area (Å²) in [7, 11) is -3.39. The highest BCUT2D eigenvalue weighted by Crippen LogP contribution is 2.21. The molecule has 0 N–H and O–H groups in total. The average molecular weight is 435 g/mol. The second-order valence-electron chi connectivity index (χ2n) is 7.91. The summed E-state index contributed by atoms with van der Waals surface area (Å²) in [5.41, 5.74) is 0.935. The predicted molar refractivity (Wildman–Crippen MR) is 113 cm³/mol. The Balaban J connectivity index is 1.47. The van der Waals surface area contributed by atoms with Gasteiger partial charge in [0.15, 0.2) is 0 Å². The lowest BCUT2D eigenvalue weighted by Crippen LogP contribution is -2.46. The standard InChI is InChI=1S/C20H30N6O3S/c1-2-13-30(27,28)20-23-14-17(26(20)16-18-5-3-12-29-18)15-24-8-10-25(11-9-24)19-21-6-4-7-22-19/h4,6-7,14,18H,2-3,5,8-13,15-16H2,1H3/t18-/m0/s1. The summed E-state index contributed by atoms with van der Waals surface area (Å²) in [6, 6.07) is 1.82. The van der Waals surface area contributed by atoms with Crippen molar-refractivity contribution in [3.63, 3.8) is 0 Å². The number of nitrogens with zero attached hydrogens (tertiary/aromatic N) is 6. The Bertz CT molecular complexity index is 919. The van der Waals surface area contributed by atoms with Crippen molar-refractivity contribution in [3.05, 3.63) is 30.4 Å². The smallest absolute Gasteiger partial charge is 0.227 e. The van der Waals surface area contributed by atoms with Gasteiger partial charge in [0.2, 0.25) is 20.9 Å². The number of aromatic nitrogens is 4. The number of ether oxygens (including phenoxy) is 1. The molecule has 2 saturated heterocycles. The molecule has 0 aromatic carbocycles. The molecule has 2 aliphatic heterocycles. The van der Waals surface area contributed by atoms with Gasteiger partial charge in [-0.05, 0) is 25.3 Å². The van der Waals surface area contributed by atoms with Gasteiger partial charge in [-0.1, -0.05) is 6.92 Å². The van der Waals surface area contributed by atoms with Crippen molar-refractivity contribution in [2.45, 2.75) is 50.5 Å². The first-order valence-corrected chi connectivity index (χ1v) is 12.3. The zero-order valence-corrected chi connectivity index (χ0v) is 18.3. The SMILES string of the molecule is CCCS(=O)(=O)c1ncc(CN2CCN(c3ncccn3)CC2)n1C[C@@H]1CCCO1. The minimum Gasteiger partial charge on any atom is -0.376 e. The Morgan fingerprint density at radius 2 is 1.90 bits per heavy atom. The molecule has 0 spiro atoms. The average Bonchev–Trinajstić information content (AvgIpc) is 3.40. The topological polar surface area (TPSA) is 93.5 Å². The van der Waals surface area contributed by atoms with Crippen molar-refractivity contribution in [3.8, 4) is 0 Å². The molecular weight excluding hydrogens is 404 g/mol.